The van der Waals surface area contributed by atoms with E-state index in [9.17, 15) is 14.4 Å². The largest absolute Gasteiger partial charge is 0.459 e. The number of nitrogens with one attached hydrogen (secondary N) is 1. The fraction of sp³-hybridized carbons (Fsp3) is 0.250. The number of nitrogens with zero attached hydrogens (tertiary/aromatic N) is 4. The number of ether oxygens (including phenoxy) is 2. The Kier molecular flexibility index (Phi) is 7.90. The third kappa shape index (κ3) is 6.03. The van der Waals surface area contributed by atoms with Crippen molar-refractivity contribution in [2.75, 3.05) is 19.6 Å². The molecule has 2 aliphatic rings. The van der Waals surface area contributed by atoms with Gasteiger partial charge in [-0.25, -0.2) is 9.18 Å². The minimum absolute atomic E-state index is 0.0479. The third-order valence-electron chi connectivity index (χ3n) is 6.52. The second kappa shape index (κ2) is 11.7. The van der Waals surface area contributed by atoms with Gasteiger partial charge in [-0.05, 0) is 41.4 Å². The molecule has 0 aromatic heterocycles. The average molecular weight is 562 g/mol. The lowest BCUT2D eigenvalue weighted by Crippen LogP contribution is -2.46. The summed E-state index contributed by atoms with van der Waals surface area (Å²) in [7, 11) is 0. The van der Waals surface area contributed by atoms with E-state index in [1.165, 1.54) is 11.8 Å². The highest BCUT2D eigenvalue weighted by atomic mass is 32.2. The van der Waals surface area contributed by atoms with E-state index in [0.717, 1.165) is 20.3 Å². The summed E-state index contributed by atoms with van der Waals surface area (Å²) in [6.07, 6.45) is -0.388. The molecule has 2 atom stereocenters. The molecule has 40 heavy (non-hydrogen) atoms. The molecule has 5 rings (SSSR count). The van der Waals surface area contributed by atoms with Crippen LogP contribution in [0, 0.1) is 0 Å². The van der Waals surface area contributed by atoms with Gasteiger partial charge in [-0.3, -0.25) is 9.59 Å². The summed E-state index contributed by atoms with van der Waals surface area (Å²) in [5.74, 6) is -0.791. The van der Waals surface area contributed by atoms with E-state index in [1.807, 2.05) is 30.3 Å². The minimum atomic E-state index is -2.11. The number of azide groups is 1. The number of carbonyl (C=O) groups is 3. The number of benzene rings is 3. The molecule has 0 aliphatic carbocycles. The van der Waals surface area contributed by atoms with Crippen molar-refractivity contribution in [2.45, 2.75) is 34.5 Å². The number of rotatable bonds is 8. The quantitative estimate of drug-likeness (QED) is 0.139. The molecule has 0 saturated carbocycles. The lowest BCUT2D eigenvalue weighted by Gasteiger charge is -2.23. The standard InChI is InChI=1S/C28H24FN5O5S/c29-28(16-32-33-30)13-20(27(37)38-15-18-6-2-1-3-7-18)34(17-28)25(35)14-31-26(36)19-10-11-24-22(12-19)39-21-8-4-5-9-23(21)40-24/h1-12,20H,13-17H2,(H,31,36)/t20-,28-/m0/s1. The summed E-state index contributed by atoms with van der Waals surface area (Å²) in [5.41, 5.74) is 7.54. The van der Waals surface area contributed by atoms with Crippen molar-refractivity contribution in [1.29, 1.82) is 0 Å². The number of alkyl halides is 1. The van der Waals surface area contributed by atoms with Crippen LogP contribution in [-0.4, -0.2) is 54.0 Å². The Balaban J connectivity index is 1.24. The van der Waals surface area contributed by atoms with Gasteiger partial charge in [0, 0.05) is 16.9 Å². The van der Waals surface area contributed by atoms with E-state index in [1.54, 1.807) is 42.5 Å². The monoisotopic (exact) mass is 561 g/mol. The first-order chi connectivity index (χ1) is 19.3. The highest BCUT2D eigenvalue weighted by Gasteiger charge is 2.49. The van der Waals surface area contributed by atoms with Gasteiger partial charge in [-0.1, -0.05) is 59.3 Å². The van der Waals surface area contributed by atoms with Gasteiger partial charge in [0.1, 0.15) is 29.8 Å². The van der Waals surface area contributed by atoms with Crippen LogP contribution in [0.1, 0.15) is 22.3 Å². The lowest BCUT2D eigenvalue weighted by atomic mass is 10.0. The number of likely N-dealkylation sites (tertiary alicyclic amines) is 1. The number of fused-ring (bicyclic) bond motifs is 2. The molecular formula is C28H24FN5O5S. The molecule has 1 fully saturated rings. The van der Waals surface area contributed by atoms with Crippen molar-refractivity contribution in [3.63, 3.8) is 0 Å². The molecule has 0 radical (unpaired) electrons. The van der Waals surface area contributed by atoms with Gasteiger partial charge in [-0.15, -0.1) is 0 Å². The van der Waals surface area contributed by atoms with E-state index in [4.69, 9.17) is 15.0 Å². The van der Waals surface area contributed by atoms with Gasteiger partial charge >= 0.3 is 5.97 Å². The number of para-hydroxylation sites is 1. The first-order valence-corrected chi connectivity index (χ1v) is 13.2. The van der Waals surface area contributed by atoms with Crippen LogP contribution in [0.4, 0.5) is 4.39 Å². The summed E-state index contributed by atoms with van der Waals surface area (Å²) in [5, 5.41) is 5.84. The van der Waals surface area contributed by atoms with Crippen molar-refractivity contribution >= 4 is 29.5 Å². The second-order valence-electron chi connectivity index (χ2n) is 9.37. The molecule has 0 bridgehead atoms. The second-order valence-corrected chi connectivity index (χ2v) is 10.5. The number of hydrogen-bond donors (Lipinski definition) is 1. The molecule has 2 amide bonds. The van der Waals surface area contributed by atoms with E-state index in [2.05, 4.69) is 15.3 Å². The molecule has 2 heterocycles. The zero-order valence-corrected chi connectivity index (χ0v) is 22.0. The van der Waals surface area contributed by atoms with Crippen LogP contribution in [0.2, 0.25) is 0 Å². The molecular weight excluding hydrogens is 537 g/mol. The first-order valence-electron chi connectivity index (χ1n) is 12.4. The Labute approximate surface area is 233 Å². The maximum atomic E-state index is 15.4. The molecule has 3 aromatic carbocycles. The van der Waals surface area contributed by atoms with Crippen LogP contribution in [0.5, 0.6) is 11.5 Å². The topological polar surface area (TPSA) is 134 Å². The number of carbonyl (C=O) groups excluding carboxylic acids is 3. The van der Waals surface area contributed by atoms with Gasteiger partial charge in [0.15, 0.2) is 0 Å². The van der Waals surface area contributed by atoms with Gasteiger partial charge in [-0.2, -0.15) is 0 Å². The molecule has 3 aromatic rings. The molecule has 10 nitrogen and oxygen atoms in total. The predicted molar refractivity (Wildman–Crippen MR) is 144 cm³/mol. The van der Waals surface area contributed by atoms with Crippen molar-refractivity contribution in [2.24, 2.45) is 5.11 Å². The van der Waals surface area contributed by atoms with Crippen molar-refractivity contribution in [3.05, 3.63) is 94.4 Å². The molecule has 1 N–H and O–H groups in total. The Bertz CT molecular complexity index is 1500. The number of hydrogen-bond acceptors (Lipinski definition) is 7. The minimum Gasteiger partial charge on any atom is -0.459 e. The summed E-state index contributed by atoms with van der Waals surface area (Å²) < 4.78 is 26.7. The predicted octanol–water partition coefficient (Wildman–Crippen LogP) is 5.04. The van der Waals surface area contributed by atoms with Gasteiger partial charge in [0.25, 0.3) is 5.91 Å². The van der Waals surface area contributed by atoms with Crippen LogP contribution in [-0.2, 0) is 20.9 Å². The molecule has 12 heteroatoms. The van der Waals surface area contributed by atoms with E-state index in [-0.39, 0.29) is 18.6 Å². The first kappa shape index (κ1) is 27.0. The highest BCUT2D eigenvalue weighted by Crippen LogP contribution is 2.46. The summed E-state index contributed by atoms with van der Waals surface area (Å²) in [6.45, 7) is -1.55. The summed E-state index contributed by atoms with van der Waals surface area (Å²) >= 11 is 1.52. The number of amides is 2. The van der Waals surface area contributed by atoms with Crippen LogP contribution in [0.15, 0.2) is 87.7 Å². The Morgan fingerprint density at radius 3 is 2.65 bits per heavy atom. The SMILES string of the molecule is [N-]=[N+]=NC[C@@]1(F)C[C@@H](C(=O)OCc2ccccc2)N(C(=O)CNC(=O)c2ccc3c(c2)Oc2ccccc2S3)C1. The fourth-order valence-corrected chi connectivity index (χ4v) is 5.47. The smallest absolute Gasteiger partial charge is 0.329 e. The summed E-state index contributed by atoms with van der Waals surface area (Å²) in [6, 6.07) is 20.2. The van der Waals surface area contributed by atoms with Gasteiger partial charge in [0.2, 0.25) is 5.91 Å². The van der Waals surface area contributed by atoms with Gasteiger partial charge in [0.05, 0.1) is 29.4 Å². The molecule has 1 saturated heterocycles. The number of halogens is 1. The maximum Gasteiger partial charge on any atom is 0.329 e. The number of esters is 1. The fourth-order valence-electron chi connectivity index (χ4n) is 4.54. The average Bonchev–Trinajstić information content (AvgIpc) is 3.34. The van der Waals surface area contributed by atoms with Crippen LogP contribution >= 0.6 is 11.8 Å². The van der Waals surface area contributed by atoms with Crippen molar-refractivity contribution in [1.82, 2.24) is 10.2 Å². The van der Waals surface area contributed by atoms with E-state index >= 15 is 4.39 Å². The van der Waals surface area contributed by atoms with Crippen LogP contribution in [0.3, 0.4) is 0 Å². The molecule has 0 unspecified atom stereocenters. The Morgan fingerprint density at radius 2 is 1.85 bits per heavy atom. The molecule has 0 spiro atoms. The maximum absolute atomic E-state index is 15.4. The van der Waals surface area contributed by atoms with E-state index in [0.29, 0.717) is 11.5 Å². The van der Waals surface area contributed by atoms with Crippen molar-refractivity contribution < 1.29 is 28.2 Å². The van der Waals surface area contributed by atoms with E-state index < -0.39 is 49.1 Å². The van der Waals surface area contributed by atoms with Crippen LogP contribution < -0.4 is 10.1 Å². The molecule has 204 valence electrons. The summed E-state index contributed by atoms with van der Waals surface area (Å²) in [4.78, 5) is 44.3. The lowest BCUT2D eigenvalue weighted by molar-refractivity contribution is -0.154. The van der Waals surface area contributed by atoms with Crippen molar-refractivity contribution in [3.8, 4) is 11.5 Å². The highest BCUT2D eigenvalue weighted by molar-refractivity contribution is 7.99. The zero-order valence-electron chi connectivity index (χ0n) is 21.2. The third-order valence-corrected chi connectivity index (χ3v) is 7.63. The molecule has 2 aliphatic heterocycles. The Hall–Kier alpha value is -4.54. The Morgan fingerprint density at radius 1 is 1.10 bits per heavy atom. The van der Waals surface area contributed by atoms with Gasteiger partial charge < -0.3 is 19.7 Å². The van der Waals surface area contributed by atoms with Crippen LogP contribution in [0.25, 0.3) is 10.4 Å². The normalized spacial score (nSPS) is 18.9. The zero-order chi connectivity index (χ0) is 28.1.